The molecule has 2 aromatic carbocycles. The summed E-state index contributed by atoms with van der Waals surface area (Å²) in [5.74, 6) is -1.82. The van der Waals surface area contributed by atoms with Gasteiger partial charge in [0, 0.05) is 17.7 Å². The van der Waals surface area contributed by atoms with E-state index in [9.17, 15) is 33.6 Å². The van der Waals surface area contributed by atoms with Crippen LogP contribution in [0.1, 0.15) is 16.7 Å². The molecule has 1 aliphatic rings. The van der Waals surface area contributed by atoms with Crippen molar-refractivity contribution in [3.05, 3.63) is 64.2 Å². The number of benzene rings is 2. The second-order valence-electron chi connectivity index (χ2n) is 7.67. The molecule has 5 atom stereocenters. The first kappa shape index (κ1) is 25.7. The van der Waals surface area contributed by atoms with Crippen molar-refractivity contribution < 1.29 is 47.8 Å². The molecule has 4 N–H and O–H groups in total. The molecule has 3 rings (SSSR count). The summed E-state index contributed by atoms with van der Waals surface area (Å²) < 4.78 is 52.7. The van der Waals surface area contributed by atoms with Gasteiger partial charge in [-0.1, -0.05) is 29.8 Å². The van der Waals surface area contributed by atoms with Gasteiger partial charge in [0.2, 0.25) is 5.79 Å². The van der Waals surface area contributed by atoms with Crippen LogP contribution in [-0.2, 0) is 21.7 Å². The highest BCUT2D eigenvalue weighted by molar-refractivity contribution is 6.31. The molecule has 1 unspecified atom stereocenters. The van der Waals surface area contributed by atoms with E-state index in [4.69, 9.17) is 25.8 Å². The fourth-order valence-corrected chi connectivity index (χ4v) is 3.87. The number of aliphatic hydroxyl groups excluding tert-OH is 4. The first-order valence-electron chi connectivity index (χ1n) is 9.96. The van der Waals surface area contributed by atoms with Crippen LogP contribution in [0.4, 0.5) is 13.2 Å². The Balaban J connectivity index is 1.86. The van der Waals surface area contributed by atoms with Crippen LogP contribution in [0.5, 0.6) is 5.75 Å². The van der Waals surface area contributed by atoms with E-state index < -0.39 is 49.6 Å². The van der Waals surface area contributed by atoms with E-state index in [1.807, 2.05) is 0 Å². The number of hydrogen-bond acceptors (Lipinski definition) is 7. The number of methoxy groups -OCH3 is 1. The lowest BCUT2D eigenvalue weighted by Gasteiger charge is -2.47. The number of ether oxygens (including phenoxy) is 3. The first-order chi connectivity index (χ1) is 15.5. The van der Waals surface area contributed by atoms with Crippen LogP contribution >= 0.6 is 11.6 Å². The van der Waals surface area contributed by atoms with Crippen LogP contribution in [0.25, 0.3) is 0 Å². The van der Waals surface area contributed by atoms with Crippen molar-refractivity contribution in [2.45, 2.75) is 42.8 Å². The van der Waals surface area contributed by atoms with E-state index in [1.165, 1.54) is 31.4 Å². The summed E-state index contributed by atoms with van der Waals surface area (Å²) >= 11 is 6.33. The lowest BCUT2D eigenvalue weighted by atomic mass is 9.87. The van der Waals surface area contributed by atoms with Crippen molar-refractivity contribution in [1.82, 2.24) is 0 Å². The largest absolute Gasteiger partial charge is 0.484 e. The Kier molecular flexibility index (Phi) is 7.90. The summed E-state index contributed by atoms with van der Waals surface area (Å²) in [7, 11) is 1.25. The average Bonchev–Trinajstić information content (AvgIpc) is 2.79. The summed E-state index contributed by atoms with van der Waals surface area (Å²) in [6.07, 6.45) is -10.2. The normalized spacial score (nSPS) is 28.0. The zero-order valence-corrected chi connectivity index (χ0v) is 18.3. The molecule has 0 amide bonds. The van der Waals surface area contributed by atoms with Crippen molar-refractivity contribution in [3.8, 4) is 5.75 Å². The quantitative estimate of drug-likeness (QED) is 0.469. The van der Waals surface area contributed by atoms with Gasteiger partial charge in [0.15, 0.2) is 6.61 Å². The number of hydrogen-bond donors (Lipinski definition) is 4. The Morgan fingerprint density at radius 3 is 2.30 bits per heavy atom. The summed E-state index contributed by atoms with van der Waals surface area (Å²) in [5.41, 5.74) is 1.58. The van der Waals surface area contributed by atoms with E-state index in [-0.39, 0.29) is 17.7 Å². The molecule has 1 aliphatic heterocycles. The molecule has 0 aliphatic carbocycles. The topological polar surface area (TPSA) is 109 Å². The van der Waals surface area contributed by atoms with Crippen molar-refractivity contribution in [1.29, 1.82) is 0 Å². The second kappa shape index (κ2) is 10.1. The Bertz CT molecular complexity index is 939. The minimum Gasteiger partial charge on any atom is -0.484 e. The first-order valence-corrected chi connectivity index (χ1v) is 10.3. The highest BCUT2D eigenvalue weighted by atomic mass is 35.5. The number of rotatable bonds is 7. The Labute approximate surface area is 192 Å². The van der Waals surface area contributed by atoms with Crippen LogP contribution in [0.3, 0.4) is 0 Å². The lowest BCUT2D eigenvalue weighted by molar-refractivity contribution is -0.366. The fraction of sp³-hybridized carbons (Fsp3) is 0.455. The Morgan fingerprint density at radius 2 is 1.73 bits per heavy atom. The summed E-state index contributed by atoms with van der Waals surface area (Å²) in [4.78, 5) is 0. The van der Waals surface area contributed by atoms with Crippen molar-refractivity contribution >= 4 is 11.6 Å². The standard InChI is InChI=1S/C22H24ClF3O7/c1-31-22(20(30)19(29)18(28)17(10-27)33-22)14-4-7-16(23)13(9-14)8-12-2-5-15(6-3-12)32-11-21(24,25)26/h2-7,9,17-20,27-30H,8,10-11H2,1H3/t17?,18-,19+,20-,22+/m1/s1. The predicted molar refractivity (Wildman–Crippen MR) is 111 cm³/mol. The molecular weight excluding hydrogens is 469 g/mol. The van der Waals surface area contributed by atoms with Gasteiger partial charge in [0.05, 0.1) is 6.61 Å². The Morgan fingerprint density at radius 1 is 1.06 bits per heavy atom. The molecule has 0 spiro atoms. The van der Waals surface area contributed by atoms with Gasteiger partial charge >= 0.3 is 6.18 Å². The summed E-state index contributed by atoms with van der Waals surface area (Å²) in [6.45, 7) is -2.02. The van der Waals surface area contributed by atoms with E-state index >= 15 is 0 Å². The second-order valence-corrected chi connectivity index (χ2v) is 8.07. The van der Waals surface area contributed by atoms with Crippen molar-refractivity contribution in [3.63, 3.8) is 0 Å². The Hall–Kier alpha value is -1.92. The molecule has 11 heteroatoms. The highest BCUT2D eigenvalue weighted by Gasteiger charge is 2.55. The lowest BCUT2D eigenvalue weighted by Crippen LogP contribution is -2.64. The van der Waals surface area contributed by atoms with E-state index in [2.05, 4.69) is 0 Å². The molecule has 33 heavy (non-hydrogen) atoms. The van der Waals surface area contributed by atoms with E-state index in [1.54, 1.807) is 18.2 Å². The fourth-order valence-electron chi connectivity index (χ4n) is 3.68. The van der Waals surface area contributed by atoms with Crippen LogP contribution in [-0.4, -0.2) is 71.3 Å². The van der Waals surface area contributed by atoms with Crippen LogP contribution in [0.2, 0.25) is 5.02 Å². The van der Waals surface area contributed by atoms with Crippen molar-refractivity contribution in [2.24, 2.45) is 0 Å². The molecular formula is C22H24ClF3O7. The van der Waals surface area contributed by atoms with Gasteiger partial charge in [0.1, 0.15) is 30.2 Å². The van der Waals surface area contributed by atoms with Crippen molar-refractivity contribution in [2.75, 3.05) is 20.3 Å². The van der Waals surface area contributed by atoms with Crippen LogP contribution in [0.15, 0.2) is 42.5 Å². The minimum atomic E-state index is -4.44. The number of alkyl halides is 3. The zero-order valence-electron chi connectivity index (χ0n) is 17.5. The number of halogens is 4. The third kappa shape index (κ3) is 5.60. The highest BCUT2D eigenvalue weighted by Crippen LogP contribution is 2.40. The molecule has 0 saturated carbocycles. The van der Waals surface area contributed by atoms with Gasteiger partial charge in [-0.3, -0.25) is 0 Å². The summed E-state index contributed by atoms with van der Waals surface area (Å²) in [6, 6.07) is 10.6. The maximum Gasteiger partial charge on any atom is 0.422 e. The third-order valence-electron chi connectivity index (χ3n) is 5.42. The molecule has 0 bridgehead atoms. The summed E-state index contributed by atoms with van der Waals surface area (Å²) in [5, 5.41) is 40.8. The van der Waals surface area contributed by atoms with Gasteiger partial charge in [-0.25, -0.2) is 0 Å². The third-order valence-corrected chi connectivity index (χ3v) is 5.79. The minimum absolute atomic E-state index is 0.0653. The average molecular weight is 493 g/mol. The van der Waals surface area contributed by atoms with Crippen LogP contribution < -0.4 is 4.74 Å². The molecule has 1 saturated heterocycles. The maximum atomic E-state index is 12.3. The molecule has 182 valence electrons. The molecule has 2 aromatic rings. The molecule has 0 aromatic heterocycles. The SMILES string of the molecule is CO[C@@]1(c2ccc(Cl)c(Cc3ccc(OCC(F)(F)F)cc3)c2)OC(CO)[C@@H](O)[C@H](O)[C@H]1O. The molecule has 0 radical (unpaired) electrons. The molecule has 7 nitrogen and oxygen atoms in total. The van der Waals surface area contributed by atoms with E-state index in [0.29, 0.717) is 16.1 Å². The van der Waals surface area contributed by atoms with Crippen LogP contribution in [0, 0.1) is 0 Å². The smallest absolute Gasteiger partial charge is 0.422 e. The van der Waals surface area contributed by atoms with Gasteiger partial charge in [-0.15, -0.1) is 0 Å². The zero-order chi connectivity index (χ0) is 24.4. The number of aliphatic hydroxyl groups is 4. The van der Waals surface area contributed by atoms with E-state index in [0.717, 1.165) is 0 Å². The molecule has 1 fully saturated rings. The molecule has 1 heterocycles. The predicted octanol–water partition coefficient (Wildman–Crippen LogP) is 2.14. The maximum absolute atomic E-state index is 12.3. The monoisotopic (exact) mass is 492 g/mol. The van der Waals surface area contributed by atoms with Gasteiger partial charge < -0.3 is 34.6 Å². The van der Waals surface area contributed by atoms with Gasteiger partial charge in [-0.05, 0) is 41.8 Å². The van der Waals surface area contributed by atoms with Gasteiger partial charge in [0.25, 0.3) is 0 Å². The van der Waals surface area contributed by atoms with Gasteiger partial charge in [-0.2, -0.15) is 13.2 Å².